The lowest BCUT2D eigenvalue weighted by Crippen LogP contribution is -2.03. The molecule has 0 aliphatic heterocycles. The number of pyridine rings is 1. The Bertz CT molecular complexity index is 1250. The van der Waals surface area contributed by atoms with Crippen LogP contribution in [-0.2, 0) is 6.61 Å². The first-order valence-electron chi connectivity index (χ1n) is 9.63. The molecule has 0 amide bonds. The predicted molar refractivity (Wildman–Crippen MR) is 112 cm³/mol. The topological polar surface area (TPSA) is 55.6 Å². The summed E-state index contributed by atoms with van der Waals surface area (Å²) in [6, 6.07) is 20.6. The molecule has 5 aromatic rings. The first-order valence-corrected chi connectivity index (χ1v) is 9.63. The molecule has 4 aromatic heterocycles. The summed E-state index contributed by atoms with van der Waals surface area (Å²) in [5, 5.41) is 9.20. The van der Waals surface area contributed by atoms with Crippen molar-refractivity contribution in [3.8, 4) is 22.6 Å². The van der Waals surface area contributed by atoms with E-state index in [1.54, 1.807) is 6.07 Å². The number of nitrogens with zero attached hydrogens (tertiary/aromatic N) is 3. The highest BCUT2D eigenvalue weighted by molar-refractivity contribution is 5.66. The summed E-state index contributed by atoms with van der Waals surface area (Å²) in [4.78, 5) is 4.75. The summed E-state index contributed by atoms with van der Waals surface area (Å²) < 4.78 is 9.83. The molecule has 1 N–H and O–H groups in total. The van der Waals surface area contributed by atoms with E-state index in [-0.39, 0.29) is 6.61 Å². The van der Waals surface area contributed by atoms with Gasteiger partial charge in [0, 0.05) is 35.9 Å². The highest BCUT2D eigenvalue weighted by Crippen LogP contribution is 2.26. The molecular formula is C24H21N3O2. The average molecular weight is 383 g/mol. The SMILES string of the molecule is CC(c1ccc(-c2cn3cc(-c4ccc(CO)o4)ccc3n2)cc1)n1cccc1. The fraction of sp³-hybridized carbons (Fsp3) is 0.125. The second kappa shape index (κ2) is 7.11. The number of benzene rings is 1. The number of aliphatic hydroxyl groups is 1. The predicted octanol–water partition coefficient (Wildman–Crippen LogP) is 5.16. The highest BCUT2D eigenvalue weighted by atomic mass is 16.4. The van der Waals surface area contributed by atoms with Crippen LogP contribution in [0.4, 0.5) is 0 Å². The van der Waals surface area contributed by atoms with Gasteiger partial charge in [-0.05, 0) is 48.9 Å². The molecule has 5 nitrogen and oxygen atoms in total. The number of aliphatic hydroxyl groups excluding tert-OH is 1. The maximum absolute atomic E-state index is 9.20. The van der Waals surface area contributed by atoms with Crippen molar-refractivity contribution < 1.29 is 9.52 Å². The van der Waals surface area contributed by atoms with E-state index in [1.807, 2.05) is 47.1 Å². The summed E-state index contributed by atoms with van der Waals surface area (Å²) in [5.74, 6) is 1.29. The van der Waals surface area contributed by atoms with E-state index in [9.17, 15) is 5.11 Å². The fourth-order valence-electron chi connectivity index (χ4n) is 3.61. The molecule has 144 valence electrons. The van der Waals surface area contributed by atoms with Gasteiger partial charge in [0.05, 0.1) is 11.7 Å². The normalized spacial score (nSPS) is 12.5. The van der Waals surface area contributed by atoms with Gasteiger partial charge in [-0.1, -0.05) is 24.3 Å². The number of hydrogen-bond acceptors (Lipinski definition) is 3. The smallest absolute Gasteiger partial charge is 0.137 e. The second-order valence-electron chi connectivity index (χ2n) is 7.16. The molecular weight excluding hydrogens is 362 g/mol. The van der Waals surface area contributed by atoms with Crippen molar-refractivity contribution in [3.63, 3.8) is 0 Å². The molecule has 0 radical (unpaired) electrons. The molecule has 0 bridgehead atoms. The zero-order valence-corrected chi connectivity index (χ0v) is 16.1. The minimum atomic E-state index is -0.101. The largest absolute Gasteiger partial charge is 0.459 e. The monoisotopic (exact) mass is 383 g/mol. The Balaban J connectivity index is 1.44. The number of imidazole rings is 1. The number of furan rings is 1. The molecule has 0 saturated carbocycles. The Morgan fingerprint density at radius 3 is 2.41 bits per heavy atom. The lowest BCUT2D eigenvalue weighted by atomic mass is 10.0. The van der Waals surface area contributed by atoms with Crippen LogP contribution in [-0.4, -0.2) is 19.1 Å². The fourth-order valence-corrected chi connectivity index (χ4v) is 3.61. The zero-order chi connectivity index (χ0) is 19.8. The van der Waals surface area contributed by atoms with E-state index in [0.717, 1.165) is 28.2 Å². The van der Waals surface area contributed by atoms with Crippen molar-refractivity contribution in [3.05, 3.63) is 96.8 Å². The molecule has 1 unspecified atom stereocenters. The molecule has 1 aromatic carbocycles. The van der Waals surface area contributed by atoms with Gasteiger partial charge in [-0.15, -0.1) is 0 Å². The Hall–Kier alpha value is -3.57. The maximum Gasteiger partial charge on any atom is 0.137 e. The van der Waals surface area contributed by atoms with Crippen molar-refractivity contribution in [2.45, 2.75) is 19.6 Å². The van der Waals surface area contributed by atoms with Crippen LogP contribution in [0.15, 0.2) is 89.9 Å². The van der Waals surface area contributed by atoms with Gasteiger partial charge in [0.1, 0.15) is 23.8 Å². The van der Waals surface area contributed by atoms with Gasteiger partial charge in [-0.3, -0.25) is 0 Å². The van der Waals surface area contributed by atoms with Crippen LogP contribution < -0.4 is 0 Å². The van der Waals surface area contributed by atoms with Gasteiger partial charge >= 0.3 is 0 Å². The third-order valence-electron chi connectivity index (χ3n) is 5.32. The minimum absolute atomic E-state index is 0.101. The maximum atomic E-state index is 9.20. The number of rotatable bonds is 5. The zero-order valence-electron chi connectivity index (χ0n) is 16.1. The van der Waals surface area contributed by atoms with Gasteiger partial charge in [0.25, 0.3) is 0 Å². The van der Waals surface area contributed by atoms with Crippen molar-refractivity contribution in [2.75, 3.05) is 0 Å². The molecule has 5 rings (SSSR count). The third-order valence-corrected chi connectivity index (χ3v) is 5.32. The second-order valence-corrected chi connectivity index (χ2v) is 7.16. The summed E-state index contributed by atoms with van der Waals surface area (Å²) in [7, 11) is 0. The van der Waals surface area contributed by atoms with Crippen LogP contribution in [0, 0.1) is 0 Å². The van der Waals surface area contributed by atoms with Crippen LogP contribution in [0.3, 0.4) is 0 Å². The van der Waals surface area contributed by atoms with Crippen molar-refractivity contribution in [1.29, 1.82) is 0 Å². The third kappa shape index (κ3) is 3.26. The Morgan fingerprint density at radius 1 is 0.931 bits per heavy atom. The molecule has 0 aliphatic rings. The van der Waals surface area contributed by atoms with Crippen LogP contribution in [0.25, 0.3) is 28.2 Å². The molecule has 1 atom stereocenters. The molecule has 0 saturated heterocycles. The molecule has 29 heavy (non-hydrogen) atoms. The molecule has 4 heterocycles. The van der Waals surface area contributed by atoms with Crippen molar-refractivity contribution in [1.82, 2.24) is 14.0 Å². The summed E-state index contributed by atoms with van der Waals surface area (Å²) >= 11 is 0. The lowest BCUT2D eigenvalue weighted by Gasteiger charge is -2.14. The van der Waals surface area contributed by atoms with Crippen molar-refractivity contribution >= 4 is 5.65 Å². The first-order chi connectivity index (χ1) is 14.2. The van der Waals surface area contributed by atoms with Gasteiger partial charge < -0.3 is 18.5 Å². The first kappa shape index (κ1) is 17.5. The van der Waals surface area contributed by atoms with Crippen LogP contribution in [0.2, 0.25) is 0 Å². The van der Waals surface area contributed by atoms with Crippen LogP contribution in [0.1, 0.15) is 24.3 Å². The Morgan fingerprint density at radius 2 is 1.69 bits per heavy atom. The molecule has 0 aliphatic carbocycles. The lowest BCUT2D eigenvalue weighted by molar-refractivity contribution is 0.248. The van der Waals surface area contributed by atoms with Crippen LogP contribution >= 0.6 is 0 Å². The minimum Gasteiger partial charge on any atom is -0.459 e. The van der Waals surface area contributed by atoms with Gasteiger partial charge in [-0.25, -0.2) is 4.98 Å². The van der Waals surface area contributed by atoms with E-state index in [2.05, 4.69) is 48.1 Å². The van der Waals surface area contributed by atoms with Gasteiger partial charge in [0.15, 0.2) is 0 Å². The molecule has 0 spiro atoms. The van der Waals surface area contributed by atoms with Gasteiger partial charge in [-0.2, -0.15) is 0 Å². The summed E-state index contributed by atoms with van der Waals surface area (Å²) in [6.07, 6.45) is 8.19. The van der Waals surface area contributed by atoms with E-state index in [4.69, 9.17) is 9.40 Å². The van der Waals surface area contributed by atoms with E-state index in [1.165, 1.54) is 5.56 Å². The number of fused-ring (bicyclic) bond motifs is 1. The summed E-state index contributed by atoms with van der Waals surface area (Å²) in [6.45, 7) is 2.09. The Labute approximate surface area is 168 Å². The Kier molecular flexibility index (Phi) is 4.30. The molecule has 0 fully saturated rings. The number of aromatic nitrogens is 3. The van der Waals surface area contributed by atoms with E-state index in [0.29, 0.717) is 11.8 Å². The van der Waals surface area contributed by atoms with Gasteiger partial charge in [0.2, 0.25) is 0 Å². The van der Waals surface area contributed by atoms with E-state index < -0.39 is 0 Å². The quantitative estimate of drug-likeness (QED) is 0.456. The van der Waals surface area contributed by atoms with Crippen molar-refractivity contribution in [2.24, 2.45) is 0 Å². The number of hydrogen-bond donors (Lipinski definition) is 1. The average Bonchev–Trinajstić information content (AvgIpc) is 3.53. The van der Waals surface area contributed by atoms with Crippen LogP contribution in [0.5, 0.6) is 0 Å². The molecule has 5 heteroatoms. The van der Waals surface area contributed by atoms with E-state index >= 15 is 0 Å². The summed E-state index contributed by atoms with van der Waals surface area (Å²) in [5.41, 5.74) is 5.09. The standard InChI is InChI=1S/C24H21N3O2/c1-17(26-12-2-3-13-26)18-4-6-19(7-5-18)22-15-27-14-20(8-11-24(27)25-22)23-10-9-21(16-28)29-23/h2-15,17,28H,16H2,1H3. The highest BCUT2D eigenvalue weighted by Gasteiger charge is 2.10.